The maximum Gasteiger partial charge on any atom is 0.251 e. The fourth-order valence-electron chi connectivity index (χ4n) is 2.55. The lowest BCUT2D eigenvalue weighted by atomic mass is 10.2. The van der Waals surface area contributed by atoms with Crippen molar-refractivity contribution in [2.45, 2.75) is 31.8 Å². The van der Waals surface area contributed by atoms with Gasteiger partial charge >= 0.3 is 0 Å². The normalized spacial score (nSPS) is 25.1. The van der Waals surface area contributed by atoms with E-state index >= 15 is 0 Å². The van der Waals surface area contributed by atoms with E-state index in [9.17, 15) is 4.79 Å². The number of piperazine rings is 1. The summed E-state index contributed by atoms with van der Waals surface area (Å²) in [5.41, 5.74) is 0. The van der Waals surface area contributed by atoms with Crippen LogP contribution in [-0.4, -0.2) is 61.1 Å². The fourth-order valence-corrected chi connectivity index (χ4v) is 2.55. The molecule has 0 aromatic rings. The Kier molecular flexibility index (Phi) is 4.97. The predicted octanol–water partition coefficient (Wildman–Crippen LogP) is 0.613. The lowest BCUT2D eigenvalue weighted by Gasteiger charge is -2.35. The van der Waals surface area contributed by atoms with Gasteiger partial charge in [0.1, 0.15) is 6.10 Å². The highest BCUT2D eigenvalue weighted by molar-refractivity contribution is 5.81. The Labute approximate surface area is 108 Å². The molecule has 1 amide bonds. The summed E-state index contributed by atoms with van der Waals surface area (Å²) in [6.45, 7) is 5.13. The molecule has 0 aromatic carbocycles. The number of nitrogens with zero attached hydrogens (tertiary/aromatic N) is 3. The van der Waals surface area contributed by atoms with Crippen molar-refractivity contribution in [3.63, 3.8) is 0 Å². The van der Waals surface area contributed by atoms with E-state index < -0.39 is 0 Å². The van der Waals surface area contributed by atoms with Crippen LogP contribution in [0.15, 0.2) is 0 Å². The number of carbonyl (C=O) groups is 1. The summed E-state index contributed by atoms with van der Waals surface area (Å²) in [6, 6.07) is 2.16. The zero-order valence-electron chi connectivity index (χ0n) is 10.8. The first-order valence-electron chi connectivity index (χ1n) is 6.81. The number of nitriles is 1. The summed E-state index contributed by atoms with van der Waals surface area (Å²) in [4.78, 5) is 16.4. The number of amides is 1. The van der Waals surface area contributed by atoms with E-state index in [2.05, 4.69) is 11.0 Å². The predicted molar refractivity (Wildman–Crippen MR) is 66.8 cm³/mol. The second-order valence-electron chi connectivity index (χ2n) is 4.93. The van der Waals surface area contributed by atoms with Crippen molar-refractivity contribution in [2.75, 3.05) is 39.3 Å². The standard InChI is InChI=1S/C13H21N3O2/c14-5-1-2-6-15-7-9-16(10-8-15)13(17)12-4-3-11-18-12/h12H,1-4,6-11H2. The largest absolute Gasteiger partial charge is 0.368 e. The molecule has 1 atom stereocenters. The molecular formula is C13H21N3O2. The van der Waals surface area contributed by atoms with Crippen molar-refractivity contribution in [3.8, 4) is 6.07 Å². The molecule has 2 heterocycles. The molecule has 2 aliphatic rings. The molecule has 2 fully saturated rings. The Morgan fingerprint density at radius 3 is 2.72 bits per heavy atom. The molecule has 2 rings (SSSR count). The minimum absolute atomic E-state index is 0.171. The summed E-state index contributed by atoms with van der Waals surface area (Å²) >= 11 is 0. The van der Waals surface area contributed by atoms with E-state index in [4.69, 9.17) is 10.00 Å². The van der Waals surface area contributed by atoms with Crippen molar-refractivity contribution in [1.82, 2.24) is 9.80 Å². The first-order valence-corrected chi connectivity index (χ1v) is 6.81. The number of carbonyl (C=O) groups excluding carboxylic acids is 1. The minimum atomic E-state index is -0.185. The molecule has 0 bridgehead atoms. The summed E-state index contributed by atoms with van der Waals surface area (Å²) in [5.74, 6) is 0.171. The molecule has 0 aromatic heterocycles. The minimum Gasteiger partial charge on any atom is -0.368 e. The van der Waals surface area contributed by atoms with Gasteiger partial charge in [0.05, 0.1) is 6.07 Å². The van der Waals surface area contributed by atoms with Crippen molar-refractivity contribution < 1.29 is 9.53 Å². The smallest absolute Gasteiger partial charge is 0.251 e. The molecule has 1 unspecified atom stereocenters. The van der Waals surface area contributed by atoms with Crippen LogP contribution in [0.3, 0.4) is 0 Å². The molecule has 5 nitrogen and oxygen atoms in total. The molecule has 0 N–H and O–H groups in total. The Balaban J connectivity index is 1.69. The lowest BCUT2D eigenvalue weighted by Crippen LogP contribution is -2.51. The van der Waals surface area contributed by atoms with Crippen LogP contribution in [0, 0.1) is 11.3 Å². The van der Waals surface area contributed by atoms with Crippen LogP contribution in [0.25, 0.3) is 0 Å². The number of unbranched alkanes of at least 4 members (excludes halogenated alkanes) is 1. The highest BCUT2D eigenvalue weighted by atomic mass is 16.5. The van der Waals surface area contributed by atoms with E-state index in [0.29, 0.717) is 6.42 Å². The Morgan fingerprint density at radius 1 is 1.33 bits per heavy atom. The quantitative estimate of drug-likeness (QED) is 0.687. The van der Waals surface area contributed by atoms with Crippen LogP contribution in [-0.2, 0) is 9.53 Å². The highest BCUT2D eigenvalue weighted by Gasteiger charge is 2.29. The Bertz CT molecular complexity index is 313. The van der Waals surface area contributed by atoms with Crippen LogP contribution < -0.4 is 0 Å². The van der Waals surface area contributed by atoms with Crippen molar-refractivity contribution >= 4 is 5.91 Å². The zero-order valence-corrected chi connectivity index (χ0v) is 10.8. The van der Waals surface area contributed by atoms with Crippen LogP contribution in [0.1, 0.15) is 25.7 Å². The number of rotatable bonds is 4. The van der Waals surface area contributed by atoms with Crippen molar-refractivity contribution in [3.05, 3.63) is 0 Å². The van der Waals surface area contributed by atoms with Gasteiger partial charge in [-0.15, -0.1) is 0 Å². The van der Waals surface area contributed by atoms with Gasteiger partial charge in [-0.05, 0) is 25.8 Å². The number of ether oxygens (including phenoxy) is 1. The van der Waals surface area contributed by atoms with Crippen LogP contribution in [0.5, 0.6) is 0 Å². The molecular weight excluding hydrogens is 230 g/mol. The summed E-state index contributed by atoms with van der Waals surface area (Å²) < 4.78 is 5.43. The lowest BCUT2D eigenvalue weighted by molar-refractivity contribution is -0.142. The molecule has 0 aliphatic carbocycles. The molecule has 5 heteroatoms. The maximum absolute atomic E-state index is 12.1. The third-order valence-corrected chi connectivity index (χ3v) is 3.65. The van der Waals surface area contributed by atoms with Crippen LogP contribution in [0.2, 0.25) is 0 Å². The van der Waals surface area contributed by atoms with Gasteiger partial charge in [-0.3, -0.25) is 9.69 Å². The Morgan fingerprint density at radius 2 is 2.11 bits per heavy atom. The number of hydrogen-bond acceptors (Lipinski definition) is 4. The molecule has 100 valence electrons. The van der Waals surface area contributed by atoms with Gasteiger partial charge in [-0.1, -0.05) is 0 Å². The van der Waals surface area contributed by atoms with E-state index in [1.165, 1.54) is 0 Å². The second kappa shape index (κ2) is 6.72. The van der Waals surface area contributed by atoms with Crippen molar-refractivity contribution in [1.29, 1.82) is 5.26 Å². The molecule has 0 saturated carbocycles. The SMILES string of the molecule is N#CCCCN1CCN(C(=O)C2CCCO2)CC1. The van der Waals surface area contributed by atoms with E-state index in [1.54, 1.807) is 0 Å². The van der Waals surface area contributed by atoms with Gasteiger partial charge in [-0.25, -0.2) is 0 Å². The Hall–Kier alpha value is -1.12. The molecule has 0 spiro atoms. The van der Waals surface area contributed by atoms with Gasteiger partial charge < -0.3 is 9.64 Å². The van der Waals surface area contributed by atoms with Gasteiger partial charge in [0.15, 0.2) is 0 Å². The van der Waals surface area contributed by atoms with Crippen molar-refractivity contribution in [2.24, 2.45) is 0 Å². The third-order valence-electron chi connectivity index (χ3n) is 3.65. The molecule has 0 radical (unpaired) electrons. The maximum atomic E-state index is 12.1. The molecule has 2 aliphatic heterocycles. The average molecular weight is 251 g/mol. The summed E-state index contributed by atoms with van der Waals surface area (Å²) in [6.07, 6.45) is 3.24. The zero-order chi connectivity index (χ0) is 12.8. The first kappa shape index (κ1) is 13.3. The van der Waals surface area contributed by atoms with Crippen LogP contribution >= 0.6 is 0 Å². The number of hydrogen-bond donors (Lipinski definition) is 0. The summed E-state index contributed by atoms with van der Waals surface area (Å²) in [7, 11) is 0. The van der Waals surface area contributed by atoms with Gasteiger partial charge in [0, 0.05) is 39.2 Å². The summed E-state index contributed by atoms with van der Waals surface area (Å²) in [5, 5.41) is 8.50. The molecule has 2 saturated heterocycles. The molecule has 18 heavy (non-hydrogen) atoms. The highest BCUT2D eigenvalue weighted by Crippen LogP contribution is 2.16. The van der Waals surface area contributed by atoms with E-state index in [-0.39, 0.29) is 12.0 Å². The van der Waals surface area contributed by atoms with Gasteiger partial charge in [-0.2, -0.15) is 5.26 Å². The third kappa shape index (κ3) is 3.44. The topological polar surface area (TPSA) is 56.6 Å². The monoisotopic (exact) mass is 251 g/mol. The van der Waals surface area contributed by atoms with E-state index in [1.807, 2.05) is 4.90 Å². The second-order valence-corrected chi connectivity index (χ2v) is 4.93. The fraction of sp³-hybridized carbons (Fsp3) is 0.846. The van der Waals surface area contributed by atoms with E-state index in [0.717, 1.165) is 58.6 Å². The van der Waals surface area contributed by atoms with Gasteiger partial charge in [0.2, 0.25) is 0 Å². The van der Waals surface area contributed by atoms with Gasteiger partial charge in [0.25, 0.3) is 5.91 Å². The van der Waals surface area contributed by atoms with Crippen LogP contribution in [0.4, 0.5) is 0 Å². The first-order chi connectivity index (χ1) is 8.81. The average Bonchev–Trinajstić information content (AvgIpc) is 2.93.